The molecule has 0 atom stereocenters. The fraction of sp³-hybridized carbons (Fsp3) is 0.111. The van der Waals surface area contributed by atoms with Crippen LogP contribution >= 0.6 is 0 Å². The summed E-state index contributed by atoms with van der Waals surface area (Å²) in [6.45, 7) is 2.72. The fourth-order valence-corrected chi connectivity index (χ4v) is 2.26. The Labute approximate surface area is 113 Å². The lowest BCUT2D eigenvalue weighted by Gasteiger charge is -2.12. The van der Waals surface area contributed by atoms with E-state index in [2.05, 4.69) is 49.4 Å². The van der Waals surface area contributed by atoms with Crippen LogP contribution in [0.2, 0.25) is 0 Å². The molecule has 0 N–H and O–H groups in total. The third kappa shape index (κ3) is 2.45. The molecule has 0 amide bonds. The maximum Gasteiger partial charge on any atom is 0.119 e. The van der Waals surface area contributed by atoms with Crippen LogP contribution in [0.1, 0.15) is 11.1 Å². The molecule has 0 heterocycles. The lowest BCUT2D eigenvalue weighted by atomic mass is 10.0. The molecule has 0 aliphatic heterocycles. The predicted octanol–water partition coefficient (Wildman–Crippen LogP) is 4.53. The molecule has 19 heavy (non-hydrogen) atoms. The molecule has 1 nitrogen and oxygen atoms in total. The first kappa shape index (κ1) is 11.8. The summed E-state index contributed by atoms with van der Waals surface area (Å²) in [7, 11) is 0. The van der Waals surface area contributed by atoms with Gasteiger partial charge in [0, 0.05) is 5.56 Å². The molecule has 0 saturated carbocycles. The van der Waals surface area contributed by atoms with E-state index in [9.17, 15) is 0 Å². The van der Waals surface area contributed by atoms with Crippen LogP contribution in [0.15, 0.2) is 60.7 Å². The molecule has 3 aromatic rings. The summed E-state index contributed by atoms with van der Waals surface area (Å²) in [5.74, 6) is 0.881. The van der Waals surface area contributed by atoms with Crippen molar-refractivity contribution in [3.8, 4) is 5.75 Å². The van der Waals surface area contributed by atoms with Crippen LogP contribution in [-0.4, -0.2) is 0 Å². The van der Waals surface area contributed by atoms with Crippen molar-refractivity contribution in [3.63, 3.8) is 0 Å². The smallest absolute Gasteiger partial charge is 0.119 e. The van der Waals surface area contributed by atoms with Gasteiger partial charge in [-0.15, -0.1) is 0 Å². The molecule has 0 spiro atoms. The van der Waals surface area contributed by atoms with E-state index in [0.29, 0.717) is 6.61 Å². The minimum absolute atomic E-state index is 0.594. The normalized spacial score (nSPS) is 10.6. The topological polar surface area (TPSA) is 9.23 Å². The predicted molar refractivity (Wildman–Crippen MR) is 78.3 cm³/mol. The van der Waals surface area contributed by atoms with Crippen LogP contribution in [0.25, 0.3) is 10.8 Å². The molecule has 93 valence electrons. The molecule has 0 fully saturated rings. The van der Waals surface area contributed by atoms with Crippen molar-refractivity contribution in [2.45, 2.75) is 13.5 Å². The van der Waals surface area contributed by atoms with Gasteiger partial charge in [0.2, 0.25) is 0 Å². The number of hydrogen-bond donors (Lipinski definition) is 0. The standard InChI is InChI=1S/C18H15O/c1-14-11-12-15-7-5-6-10-17(15)18(14)13-19-16-8-3-2-4-9-16/h3-12H,13H2,1H3. The highest BCUT2D eigenvalue weighted by Gasteiger charge is 2.05. The van der Waals surface area contributed by atoms with Crippen molar-refractivity contribution in [1.82, 2.24) is 0 Å². The molecular formula is C18H15O. The van der Waals surface area contributed by atoms with Crippen molar-refractivity contribution in [3.05, 3.63) is 77.9 Å². The van der Waals surface area contributed by atoms with Crippen molar-refractivity contribution < 1.29 is 4.74 Å². The fourth-order valence-electron chi connectivity index (χ4n) is 2.26. The zero-order valence-corrected chi connectivity index (χ0v) is 10.9. The van der Waals surface area contributed by atoms with Gasteiger partial charge in [-0.2, -0.15) is 0 Å². The van der Waals surface area contributed by atoms with Crippen molar-refractivity contribution in [2.24, 2.45) is 0 Å². The number of fused-ring (bicyclic) bond motifs is 1. The Morgan fingerprint density at radius 1 is 0.947 bits per heavy atom. The maximum atomic E-state index is 5.86. The van der Waals surface area contributed by atoms with E-state index in [1.807, 2.05) is 24.3 Å². The monoisotopic (exact) mass is 247 g/mol. The Hall–Kier alpha value is -2.28. The first-order valence-electron chi connectivity index (χ1n) is 6.41. The van der Waals surface area contributed by atoms with Gasteiger partial charge in [-0.3, -0.25) is 0 Å². The Balaban J connectivity index is 1.94. The van der Waals surface area contributed by atoms with Gasteiger partial charge >= 0.3 is 0 Å². The summed E-state index contributed by atoms with van der Waals surface area (Å²) in [4.78, 5) is 0. The zero-order chi connectivity index (χ0) is 13.1. The van der Waals surface area contributed by atoms with Gasteiger partial charge in [-0.05, 0) is 41.5 Å². The average Bonchev–Trinajstić information content (AvgIpc) is 2.47. The van der Waals surface area contributed by atoms with E-state index < -0.39 is 0 Å². The molecule has 0 aromatic heterocycles. The second kappa shape index (κ2) is 5.15. The van der Waals surface area contributed by atoms with Gasteiger partial charge in [-0.25, -0.2) is 0 Å². The molecule has 0 bridgehead atoms. The summed E-state index contributed by atoms with van der Waals surface area (Å²) < 4.78 is 5.86. The Kier molecular flexibility index (Phi) is 3.20. The average molecular weight is 247 g/mol. The molecule has 0 aliphatic rings. The molecule has 0 saturated heterocycles. The highest BCUT2D eigenvalue weighted by molar-refractivity contribution is 5.86. The molecule has 0 aliphatic carbocycles. The first-order valence-corrected chi connectivity index (χ1v) is 6.41. The van der Waals surface area contributed by atoms with Gasteiger partial charge in [0.15, 0.2) is 0 Å². The summed E-state index contributed by atoms with van der Waals surface area (Å²) in [6.07, 6.45) is 0. The van der Waals surface area contributed by atoms with Gasteiger partial charge in [0.1, 0.15) is 12.4 Å². The van der Waals surface area contributed by atoms with Gasteiger partial charge in [0.05, 0.1) is 0 Å². The summed E-state index contributed by atoms with van der Waals surface area (Å²) in [5.41, 5.74) is 2.52. The Bertz CT molecular complexity index is 686. The molecule has 3 aromatic carbocycles. The minimum atomic E-state index is 0.594. The number of benzene rings is 3. The molecule has 3 rings (SSSR count). The quantitative estimate of drug-likeness (QED) is 0.661. The lowest BCUT2D eigenvalue weighted by molar-refractivity contribution is 0.307. The van der Waals surface area contributed by atoms with E-state index in [-0.39, 0.29) is 0 Å². The maximum absolute atomic E-state index is 5.86. The number of aryl methyl sites for hydroxylation is 1. The third-order valence-electron chi connectivity index (χ3n) is 3.35. The molecule has 1 radical (unpaired) electrons. The third-order valence-corrected chi connectivity index (χ3v) is 3.35. The zero-order valence-electron chi connectivity index (χ0n) is 10.9. The van der Waals surface area contributed by atoms with E-state index in [4.69, 9.17) is 4.74 Å². The van der Waals surface area contributed by atoms with Crippen LogP contribution in [0.5, 0.6) is 5.75 Å². The van der Waals surface area contributed by atoms with Crippen LogP contribution in [0.4, 0.5) is 0 Å². The van der Waals surface area contributed by atoms with Gasteiger partial charge in [-0.1, -0.05) is 48.5 Å². The first-order chi connectivity index (χ1) is 9.34. The van der Waals surface area contributed by atoms with E-state index >= 15 is 0 Å². The van der Waals surface area contributed by atoms with Crippen molar-refractivity contribution >= 4 is 10.8 Å². The van der Waals surface area contributed by atoms with E-state index in [0.717, 1.165) is 5.75 Å². The Morgan fingerprint density at radius 3 is 2.58 bits per heavy atom. The van der Waals surface area contributed by atoms with Crippen LogP contribution in [-0.2, 0) is 6.61 Å². The largest absolute Gasteiger partial charge is 0.489 e. The highest BCUT2D eigenvalue weighted by atomic mass is 16.5. The summed E-state index contributed by atoms with van der Waals surface area (Å²) in [6, 6.07) is 23.3. The van der Waals surface area contributed by atoms with Crippen molar-refractivity contribution in [1.29, 1.82) is 0 Å². The van der Waals surface area contributed by atoms with Crippen LogP contribution < -0.4 is 4.74 Å². The summed E-state index contributed by atoms with van der Waals surface area (Å²) >= 11 is 0. The number of rotatable bonds is 3. The molecular weight excluding hydrogens is 232 g/mol. The molecule has 0 unspecified atom stereocenters. The minimum Gasteiger partial charge on any atom is -0.489 e. The Morgan fingerprint density at radius 2 is 1.74 bits per heavy atom. The van der Waals surface area contributed by atoms with Gasteiger partial charge in [0.25, 0.3) is 0 Å². The van der Waals surface area contributed by atoms with Crippen LogP contribution in [0, 0.1) is 13.0 Å². The van der Waals surface area contributed by atoms with Crippen LogP contribution in [0.3, 0.4) is 0 Å². The van der Waals surface area contributed by atoms with Crippen molar-refractivity contribution in [2.75, 3.05) is 0 Å². The second-order valence-electron chi connectivity index (χ2n) is 4.61. The van der Waals surface area contributed by atoms with Gasteiger partial charge < -0.3 is 4.74 Å². The second-order valence-corrected chi connectivity index (χ2v) is 4.61. The lowest BCUT2D eigenvalue weighted by Crippen LogP contribution is -1.99. The van der Waals surface area contributed by atoms with E-state index in [1.54, 1.807) is 0 Å². The van der Waals surface area contributed by atoms with E-state index in [1.165, 1.54) is 21.9 Å². The highest BCUT2D eigenvalue weighted by Crippen LogP contribution is 2.23. The number of ether oxygens (including phenoxy) is 1. The molecule has 1 heteroatoms. The summed E-state index contributed by atoms with van der Waals surface area (Å²) in [5, 5.41) is 2.53. The number of hydrogen-bond acceptors (Lipinski definition) is 1. The SMILES string of the molecule is Cc1ccc2ccccc2c1COc1cc[c]cc1.